The number of benzene rings is 1. The van der Waals surface area contributed by atoms with Crippen LogP contribution in [0.4, 0.5) is 5.69 Å². The van der Waals surface area contributed by atoms with E-state index in [0.717, 1.165) is 28.8 Å². The number of esters is 1. The number of carbonyl (C=O) groups excluding carboxylic acids is 4. The van der Waals surface area contributed by atoms with Crippen molar-refractivity contribution < 1.29 is 23.9 Å². The number of hydrogen-bond donors (Lipinski definition) is 2. The minimum absolute atomic E-state index is 0.00954. The van der Waals surface area contributed by atoms with Gasteiger partial charge in [0.15, 0.2) is 6.61 Å². The third-order valence-electron chi connectivity index (χ3n) is 5.14. The Hall–Kier alpha value is -2.90. The molecule has 1 fully saturated rings. The molecule has 1 aromatic rings. The largest absolute Gasteiger partial charge is 0.455 e. The molecular weight excluding hydrogens is 386 g/mol. The Kier molecular flexibility index (Phi) is 8.38. The lowest BCUT2D eigenvalue weighted by atomic mass is 9.98. The minimum Gasteiger partial charge on any atom is -0.455 e. The number of piperidine rings is 1. The molecule has 1 atom stereocenters. The van der Waals surface area contributed by atoms with E-state index in [1.165, 1.54) is 0 Å². The third-order valence-corrected chi connectivity index (χ3v) is 5.14. The van der Waals surface area contributed by atoms with Gasteiger partial charge in [-0.15, -0.1) is 0 Å². The van der Waals surface area contributed by atoms with Crippen LogP contribution < -0.4 is 10.6 Å². The van der Waals surface area contributed by atoms with Crippen molar-refractivity contribution in [2.24, 2.45) is 5.92 Å². The summed E-state index contributed by atoms with van der Waals surface area (Å²) in [6.07, 6.45) is 1.76. The van der Waals surface area contributed by atoms with E-state index in [1.54, 1.807) is 11.8 Å². The number of anilines is 1. The number of aryl methyl sites for hydroxylation is 3. The van der Waals surface area contributed by atoms with Gasteiger partial charge in [-0.1, -0.05) is 24.6 Å². The molecule has 1 heterocycles. The van der Waals surface area contributed by atoms with E-state index in [-0.39, 0.29) is 18.4 Å². The number of rotatable bonds is 7. The molecular formula is C22H31N3O5. The van der Waals surface area contributed by atoms with Crippen LogP contribution in [-0.2, 0) is 23.9 Å². The van der Waals surface area contributed by atoms with Crippen LogP contribution in [0.2, 0.25) is 0 Å². The molecule has 164 valence electrons. The zero-order chi connectivity index (χ0) is 22.3. The Morgan fingerprint density at radius 3 is 2.40 bits per heavy atom. The van der Waals surface area contributed by atoms with Gasteiger partial charge in [0.1, 0.15) is 0 Å². The summed E-state index contributed by atoms with van der Waals surface area (Å²) in [6, 6.07) is 3.95. The summed E-state index contributed by atoms with van der Waals surface area (Å²) >= 11 is 0. The van der Waals surface area contributed by atoms with E-state index < -0.39 is 24.4 Å². The van der Waals surface area contributed by atoms with Crippen LogP contribution in [0.3, 0.4) is 0 Å². The molecule has 1 aliphatic heterocycles. The standard InChI is InChI=1S/C22H31N3O5/c1-5-20(28)25-8-6-7-17(12-25)22(29)30-13-19(27)23-11-18(26)24-21-15(3)9-14(2)10-16(21)4/h9-10,17H,5-8,11-13H2,1-4H3,(H,23,27)(H,24,26). The first kappa shape index (κ1) is 23.4. The van der Waals surface area contributed by atoms with Crippen molar-refractivity contribution in [2.75, 3.05) is 31.6 Å². The molecule has 2 N–H and O–H groups in total. The molecule has 0 aliphatic carbocycles. The number of amides is 3. The van der Waals surface area contributed by atoms with Crippen molar-refractivity contribution in [2.45, 2.75) is 47.0 Å². The smallest absolute Gasteiger partial charge is 0.311 e. The first-order chi connectivity index (χ1) is 14.2. The summed E-state index contributed by atoms with van der Waals surface area (Å²) in [5, 5.41) is 5.25. The zero-order valence-corrected chi connectivity index (χ0v) is 18.2. The molecule has 8 nitrogen and oxygen atoms in total. The Balaban J connectivity index is 1.75. The molecule has 8 heteroatoms. The van der Waals surface area contributed by atoms with Gasteiger partial charge in [0, 0.05) is 25.2 Å². The lowest BCUT2D eigenvalue weighted by molar-refractivity contribution is -0.155. The van der Waals surface area contributed by atoms with Crippen LogP contribution in [0.5, 0.6) is 0 Å². The zero-order valence-electron chi connectivity index (χ0n) is 18.2. The van der Waals surface area contributed by atoms with Crippen LogP contribution in [0, 0.1) is 26.7 Å². The van der Waals surface area contributed by atoms with E-state index in [2.05, 4.69) is 10.6 Å². The highest BCUT2D eigenvalue weighted by Crippen LogP contribution is 2.21. The Labute approximate surface area is 177 Å². The average molecular weight is 418 g/mol. The second kappa shape index (κ2) is 10.8. The van der Waals surface area contributed by atoms with Gasteiger partial charge in [-0.25, -0.2) is 0 Å². The molecule has 30 heavy (non-hydrogen) atoms. The first-order valence-corrected chi connectivity index (χ1v) is 10.3. The lowest BCUT2D eigenvalue weighted by Crippen LogP contribution is -2.43. The maximum absolute atomic E-state index is 12.2. The monoisotopic (exact) mass is 417 g/mol. The SMILES string of the molecule is CCC(=O)N1CCCC(C(=O)OCC(=O)NCC(=O)Nc2c(C)cc(C)cc2C)C1. The van der Waals surface area contributed by atoms with Gasteiger partial charge in [0.05, 0.1) is 12.5 Å². The molecule has 1 aliphatic rings. The fraction of sp³-hybridized carbons (Fsp3) is 0.545. The molecule has 0 bridgehead atoms. The quantitative estimate of drug-likeness (QED) is 0.659. The molecule has 0 aromatic heterocycles. The van der Waals surface area contributed by atoms with Crippen molar-refractivity contribution in [1.29, 1.82) is 0 Å². The summed E-state index contributed by atoms with van der Waals surface area (Å²) in [5.41, 5.74) is 3.74. The summed E-state index contributed by atoms with van der Waals surface area (Å²) in [5.74, 6) is -1.80. The maximum atomic E-state index is 12.2. The van der Waals surface area contributed by atoms with Crippen molar-refractivity contribution in [1.82, 2.24) is 10.2 Å². The number of likely N-dealkylation sites (tertiary alicyclic amines) is 1. The van der Waals surface area contributed by atoms with Gasteiger partial charge in [-0.05, 0) is 44.7 Å². The average Bonchev–Trinajstić information content (AvgIpc) is 2.72. The van der Waals surface area contributed by atoms with Gasteiger partial charge < -0.3 is 20.3 Å². The van der Waals surface area contributed by atoms with E-state index in [1.807, 2.05) is 32.9 Å². The maximum Gasteiger partial charge on any atom is 0.311 e. The van der Waals surface area contributed by atoms with Crippen molar-refractivity contribution in [3.05, 3.63) is 28.8 Å². The van der Waals surface area contributed by atoms with Crippen molar-refractivity contribution >= 4 is 29.4 Å². The highest BCUT2D eigenvalue weighted by atomic mass is 16.5. The topological polar surface area (TPSA) is 105 Å². The summed E-state index contributed by atoms with van der Waals surface area (Å²) in [7, 11) is 0. The van der Waals surface area contributed by atoms with Gasteiger partial charge in [-0.3, -0.25) is 19.2 Å². The summed E-state index contributed by atoms with van der Waals surface area (Å²) in [4.78, 5) is 49.8. The van der Waals surface area contributed by atoms with Crippen molar-refractivity contribution in [3.63, 3.8) is 0 Å². The van der Waals surface area contributed by atoms with Crippen LogP contribution in [0.15, 0.2) is 12.1 Å². The fourth-order valence-electron chi connectivity index (χ4n) is 3.66. The number of hydrogen-bond acceptors (Lipinski definition) is 5. The van der Waals surface area contributed by atoms with Crippen molar-refractivity contribution in [3.8, 4) is 0 Å². The summed E-state index contributed by atoms with van der Waals surface area (Å²) < 4.78 is 5.09. The van der Waals surface area contributed by atoms with Gasteiger partial charge in [-0.2, -0.15) is 0 Å². The Morgan fingerprint density at radius 1 is 1.10 bits per heavy atom. The van der Waals surface area contributed by atoms with Gasteiger partial charge >= 0.3 is 5.97 Å². The van der Waals surface area contributed by atoms with E-state index in [4.69, 9.17) is 4.74 Å². The minimum atomic E-state index is -0.548. The molecule has 1 saturated heterocycles. The highest BCUT2D eigenvalue weighted by Gasteiger charge is 2.29. The predicted molar refractivity (Wildman–Crippen MR) is 113 cm³/mol. The number of nitrogens with one attached hydrogen (secondary N) is 2. The molecule has 0 radical (unpaired) electrons. The molecule has 0 saturated carbocycles. The Morgan fingerprint density at radius 2 is 1.77 bits per heavy atom. The molecule has 1 unspecified atom stereocenters. The first-order valence-electron chi connectivity index (χ1n) is 10.3. The van der Waals surface area contributed by atoms with Crippen LogP contribution in [0.25, 0.3) is 0 Å². The number of ether oxygens (including phenoxy) is 1. The fourth-order valence-corrected chi connectivity index (χ4v) is 3.66. The van der Waals surface area contributed by atoms with E-state index in [9.17, 15) is 19.2 Å². The lowest BCUT2D eigenvalue weighted by Gasteiger charge is -2.31. The molecule has 1 aromatic carbocycles. The Bertz CT molecular complexity index is 798. The number of carbonyl (C=O) groups is 4. The van der Waals surface area contributed by atoms with E-state index >= 15 is 0 Å². The third kappa shape index (κ3) is 6.57. The predicted octanol–water partition coefficient (Wildman–Crippen LogP) is 1.86. The van der Waals surface area contributed by atoms with Gasteiger partial charge in [0.25, 0.3) is 5.91 Å². The normalized spacial score (nSPS) is 16.0. The van der Waals surface area contributed by atoms with Crippen LogP contribution >= 0.6 is 0 Å². The molecule has 0 spiro atoms. The van der Waals surface area contributed by atoms with Crippen LogP contribution in [-0.4, -0.2) is 54.8 Å². The second-order valence-electron chi connectivity index (χ2n) is 7.74. The highest BCUT2D eigenvalue weighted by molar-refractivity contribution is 5.96. The van der Waals surface area contributed by atoms with Gasteiger partial charge in [0.2, 0.25) is 11.8 Å². The van der Waals surface area contributed by atoms with E-state index in [0.29, 0.717) is 25.9 Å². The summed E-state index contributed by atoms with van der Waals surface area (Å²) in [6.45, 7) is 7.89. The second-order valence-corrected chi connectivity index (χ2v) is 7.74. The van der Waals surface area contributed by atoms with Crippen LogP contribution in [0.1, 0.15) is 42.9 Å². The molecule has 3 amide bonds. The number of nitrogens with zero attached hydrogens (tertiary/aromatic N) is 1. The molecule has 2 rings (SSSR count).